The van der Waals surface area contributed by atoms with E-state index in [0.29, 0.717) is 0 Å². The highest BCUT2D eigenvalue weighted by Crippen LogP contribution is 2.18. The van der Waals surface area contributed by atoms with Gasteiger partial charge in [0.05, 0.1) is 0 Å². The quantitative estimate of drug-likeness (QED) is 0.877. The van der Waals surface area contributed by atoms with E-state index in [2.05, 4.69) is 27.9 Å². The number of benzene rings is 1. The minimum absolute atomic E-state index is 0.185. The smallest absolute Gasteiger partial charge is 0.125 e. The standard InChI is InChI=1S/C14H18FN3/c1-17-4-6-18(7-5-17)10-13-8-11-2-3-12(15)9-14(11)16-13/h2-3,8-9,16H,4-7,10H2,1H3. The van der Waals surface area contributed by atoms with Gasteiger partial charge in [0.2, 0.25) is 0 Å². The normalized spacial score (nSPS) is 18.6. The highest BCUT2D eigenvalue weighted by Gasteiger charge is 2.14. The van der Waals surface area contributed by atoms with Crippen LogP contribution in [0, 0.1) is 5.82 Å². The van der Waals surface area contributed by atoms with Crippen molar-refractivity contribution in [3.05, 3.63) is 35.8 Å². The average Bonchev–Trinajstić information content (AvgIpc) is 2.73. The Kier molecular flexibility index (Phi) is 3.06. The molecule has 0 unspecified atom stereocenters. The van der Waals surface area contributed by atoms with Crippen LogP contribution in [0.5, 0.6) is 0 Å². The Morgan fingerprint density at radius 1 is 1.17 bits per heavy atom. The molecule has 0 radical (unpaired) electrons. The first-order valence-electron chi connectivity index (χ1n) is 6.39. The third-order valence-electron chi connectivity index (χ3n) is 3.63. The van der Waals surface area contributed by atoms with Crippen molar-refractivity contribution in [2.24, 2.45) is 0 Å². The number of nitrogens with zero attached hydrogens (tertiary/aromatic N) is 2. The van der Waals surface area contributed by atoms with E-state index in [9.17, 15) is 4.39 Å². The van der Waals surface area contributed by atoms with Gasteiger partial charge in [-0.05, 0) is 36.7 Å². The van der Waals surface area contributed by atoms with Gasteiger partial charge in [-0.1, -0.05) is 0 Å². The van der Waals surface area contributed by atoms with Crippen molar-refractivity contribution in [3.8, 4) is 0 Å². The first kappa shape index (κ1) is 11.7. The van der Waals surface area contributed by atoms with E-state index in [1.54, 1.807) is 6.07 Å². The van der Waals surface area contributed by atoms with Crippen molar-refractivity contribution >= 4 is 10.9 Å². The molecule has 1 fully saturated rings. The van der Waals surface area contributed by atoms with Gasteiger partial charge in [0.25, 0.3) is 0 Å². The van der Waals surface area contributed by atoms with Gasteiger partial charge < -0.3 is 9.88 Å². The average molecular weight is 247 g/mol. The number of hydrogen-bond acceptors (Lipinski definition) is 2. The Hall–Kier alpha value is -1.39. The number of likely N-dealkylation sites (N-methyl/N-ethyl adjacent to an activating group) is 1. The van der Waals surface area contributed by atoms with Gasteiger partial charge in [-0.15, -0.1) is 0 Å². The molecule has 1 N–H and O–H groups in total. The highest BCUT2D eigenvalue weighted by atomic mass is 19.1. The number of aromatic amines is 1. The molecule has 96 valence electrons. The fourth-order valence-electron chi connectivity index (χ4n) is 2.49. The molecule has 1 aliphatic heterocycles. The predicted molar refractivity (Wildman–Crippen MR) is 71.0 cm³/mol. The number of nitrogens with one attached hydrogen (secondary N) is 1. The Balaban J connectivity index is 1.74. The second-order valence-corrected chi connectivity index (χ2v) is 5.11. The maximum Gasteiger partial charge on any atom is 0.125 e. The van der Waals surface area contributed by atoms with Crippen LogP contribution in [-0.4, -0.2) is 48.0 Å². The molecule has 1 aromatic carbocycles. The van der Waals surface area contributed by atoms with Gasteiger partial charge in [-0.3, -0.25) is 4.90 Å². The Morgan fingerprint density at radius 2 is 1.94 bits per heavy atom. The SMILES string of the molecule is CN1CCN(Cc2cc3ccc(F)cc3[nH]2)CC1. The summed E-state index contributed by atoms with van der Waals surface area (Å²) < 4.78 is 13.1. The molecular weight excluding hydrogens is 229 g/mol. The number of piperazine rings is 1. The number of halogens is 1. The number of aromatic nitrogens is 1. The molecule has 1 saturated heterocycles. The largest absolute Gasteiger partial charge is 0.357 e. The molecule has 3 rings (SSSR count). The van der Waals surface area contributed by atoms with E-state index in [1.807, 2.05) is 6.07 Å². The van der Waals surface area contributed by atoms with Crippen LogP contribution in [0.2, 0.25) is 0 Å². The van der Waals surface area contributed by atoms with Crippen LogP contribution in [0.1, 0.15) is 5.69 Å². The first-order valence-corrected chi connectivity index (χ1v) is 6.39. The molecule has 1 aliphatic rings. The lowest BCUT2D eigenvalue weighted by Crippen LogP contribution is -2.43. The fourth-order valence-corrected chi connectivity index (χ4v) is 2.49. The van der Waals surface area contributed by atoms with Crippen molar-refractivity contribution < 1.29 is 4.39 Å². The maximum absolute atomic E-state index is 13.1. The molecule has 0 saturated carbocycles. The summed E-state index contributed by atoms with van der Waals surface area (Å²) in [6.45, 7) is 5.36. The van der Waals surface area contributed by atoms with Crippen LogP contribution < -0.4 is 0 Å². The lowest BCUT2D eigenvalue weighted by atomic mass is 10.2. The second kappa shape index (κ2) is 4.71. The van der Waals surface area contributed by atoms with Gasteiger partial charge in [-0.2, -0.15) is 0 Å². The molecule has 18 heavy (non-hydrogen) atoms. The number of hydrogen-bond donors (Lipinski definition) is 1. The molecule has 0 amide bonds. The highest BCUT2D eigenvalue weighted by molar-refractivity contribution is 5.80. The lowest BCUT2D eigenvalue weighted by molar-refractivity contribution is 0.147. The summed E-state index contributed by atoms with van der Waals surface area (Å²) in [6, 6.07) is 7.01. The topological polar surface area (TPSA) is 22.3 Å². The van der Waals surface area contributed by atoms with E-state index in [1.165, 1.54) is 11.8 Å². The van der Waals surface area contributed by atoms with E-state index < -0.39 is 0 Å². The van der Waals surface area contributed by atoms with Crippen molar-refractivity contribution in [1.82, 2.24) is 14.8 Å². The Morgan fingerprint density at radius 3 is 2.72 bits per heavy atom. The van der Waals surface area contributed by atoms with Gasteiger partial charge in [0.15, 0.2) is 0 Å². The number of rotatable bonds is 2. The zero-order chi connectivity index (χ0) is 12.5. The molecule has 2 heterocycles. The van der Waals surface area contributed by atoms with Crippen molar-refractivity contribution in [1.29, 1.82) is 0 Å². The van der Waals surface area contributed by atoms with Crippen molar-refractivity contribution in [2.45, 2.75) is 6.54 Å². The summed E-state index contributed by atoms with van der Waals surface area (Å²) >= 11 is 0. The van der Waals surface area contributed by atoms with Crippen LogP contribution in [0.4, 0.5) is 4.39 Å². The van der Waals surface area contributed by atoms with Crippen LogP contribution in [0.3, 0.4) is 0 Å². The zero-order valence-electron chi connectivity index (χ0n) is 10.6. The molecule has 0 bridgehead atoms. The van der Waals surface area contributed by atoms with Gasteiger partial charge in [-0.25, -0.2) is 4.39 Å². The van der Waals surface area contributed by atoms with E-state index in [4.69, 9.17) is 0 Å². The van der Waals surface area contributed by atoms with Crippen LogP contribution in [0.25, 0.3) is 10.9 Å². The van der Waals surface area contributed by atoms with Crippen LogP contribution in [0.15, 0.2) is 24.3 Å². The van der Waals surface area contributed by atoms with Crippen LogP contribution in [-0.2, 0) is 6.54 Å². The van der Waals surface area contributed by atoms with E-state index in [0.717, 1.165) is 43.6 Å². The minimum atomic E-state index is -0.185. The maximum atomic E-state index is 13.1. The molecule has 1 aromatic heterocycles. The third-order valence-corrected chi connectivity index (χ3v) is 3.63. The molecule has 2 aromatic rings. The Bertz CT molecular complexity index is 541. The van der Waals surface area contributed by atoms with Crippen molar-refractivity contribution in [3.63, 3.8) is 0 Å². The van der Waals surface area contributed by atoms with E-state index >= 15 is 0 Å². The molecule has 4 heteroatoms. The zero-order valence-corrected chi connectivity index (χ0v) is 10.6. The Labute approximate surface area is 106 Å². The fraction of sp³-hybridized carbons (Fsp3) is 0.429. The minimum Gasteiger partial charge on any atom is -0.357 e. The summed E-state index contributed by atoms with van der Waals surface area (Å²) in [7, 11) is 2.16. The van der Waals surface area contributed by atoms with E-state index in [-0.39, 0.29) is 5.82 Å². The lowest BCUT2D eigenvalue weighted by Gasteiger charge is -2.31. The first-order chi connectivity index (χ1) is 8.70. The number of fused-ring (bicyclic) bond motifs is 1. The van der Waals surface area contributed by atoms with Crippen LogP contribution >= 0.6 is 0 Å². The van der Waals surface area contributed by atoms with Gasteiger partial charge >= 0.3 is 0 Å². The van der Waals surface area contributed by atoms with Gasteiger partial charge in [0.1, 0.15) is 5.82 Å². The molecule has 0 atom stereocenters. The second-order valence-electron chi connectivity index (χ2n) is 5.11. The van der Waals surface area contributed by atoms with Crippen molar-refractivity contribution in [2.75, 3.05) is 33.2 Å². The molecule has 0 aliphatic carbocycles. The van der Waals surface area contributed by atoms with Gasteiger partial charge in [0, 0.05) is 43.9 Å². The monoisotopic (exact) mass is 247 g/mol. The number of H-pyrrole nitrogens is 1. The summed E-state index contributed by atoms with van der Waals surface area (Å²) in [4.78, 5) is 8.08. The summed E-state index contributed by atoms with van der Waals surface area (Å²) in [5, 5.41) is 1.08. The molecule has 3 nitrogen and oxygen atoms in total. The summed E-state index contributed by atoms with van der Waals surface area (Å²) in [5.41, 5.74) is 2.05. The molecule has 0 spiro atoms. The summed E-state index contributed by atoms with van der Waals surface area (Å²) in [5.74, 6) is -0.185. The third kappa shape index (κ3) is 2.40. The molecular formula is C14H18FN3. The predicted octanol–water partition coefficient (Wildman–Crippen LogP) is 2.05. The summed E-state index contributed by atoms with van der Waals surface area (Å²) in [6.07, 6.45) is 0.